The third-order valence-corrected chi connectivity index (χ3v) is 3.78. The Morgan fingerprint density at radius 3 is 2.38 bits per heavy atom. The molecule has 0 radical (unpaired) electrons. The zero-order valence-corrected chi connectivity index (χ0v) is 18.2. The molecule has 1 fully saturated rings. The number of ether oxygens (including phenoxy) is 1. The first kappa shape index (κ1) is 23.4. The number of carbonyl (C=O) groups excluding carboxylic acids is 1. The lowest BCUT2D eigenvalue weighted by molar-refractivity contribution is -0.149. The van der Waals surface area contributed by atoms with Crippen molar-refractivity contribution < 1.29 is 9.53 Å². The molecule has 0 bridgehead atoms. The number of nitrogens with zero attached hydrogens (tertiary/aromatic N) is 2. The topological polar surface area (TPSA) is 66.0 Å². The van der Waals surface area contributed by atoms with Crippen molar-refractivity contribution in [3.05, 3.63) is 0 Å². The highest BCUT2D eigenvalue weighted by atomic mass is 127. The van der Waals surface area contributed by atoms with Crippen LogP contribution >= 0.6 is 24.0 Å². The molecule has 1 saturated heterocycles. The molecule has 142 valence electrons. The molecule has 2 N–H and O–H groups in total. The summed E-state index contributed by atoms with van der Waals surface area (Å²) in [6.07, 6.45) is 1.67. The van der Waals surface area contributed by atoms with Gasteiger partial charge in [0.15, 0.2) is 5.96 Å². The van der Waals surface area contributed by atoms with E-state index in [1.54, 1.807) is 0 Å². The third-order valence-electron chi connectivity index (χ3n) is 3.78. The number of aliphatic imine (C=N–C) groups is 1. The third kappa shape index (κ3) is 9.05. The Morgan fingerprint density at radius 1 is 1.25 bits per heavy atom. The number of hydrogen-bond acceptors (Lipinski definition) is 4. The van der Waals surface area contributed by atoms with Crippen molar-refractivity contribution in [2.75, 3.05) is 39.3 Å². The van der Waals surface area contributed by atoms with Crippen molar-refractivity contribution >= 4 is 35.9 Å². The molecule has 0 spiro atoms. The maximum atomic E-state index is 11.8. The highest BCUT2D eigenvalue weighted by Crippen LogP contribution is 2.18. The smallest absolute Gasteiger partial charge is 0.309 e. The summed E-state index contributed by atoms with van der Waals surface area (Å²) >= 11 is 0. The van der Waals surface area contributed by atoms with Crippen molar-refractivity contribution in [1.82, 2.24) is 15.5 Å². The fourth-order valence-corrected chi connectivity index (χ4v) is 2.61. The van der Waals surface area contributed by atoms with Gasteiger partial charge in [-0.3, -0.25) is 9.79 Å². The van der Waals surface area contributed by atoms with Gasteiger partial charge in [-0.1, -0.05) is 0 Å². The van der Waals surface area contributed by atoms with Crippen LogP contribution in [0.4, 0.5) is 0 Å². The van der Waals surface area contributed by atoms with E-state index in [0.29, 0.717) is 6.61 Å². The van der Waals surface area contributed by atoms with Gasteiger partial charge in [-0.15, -0.1) is 24.0 Å². The molecule has 0 aromatic carbocycles. The van der Waals surface area contributed by atoms with Crippen LogP contribution in [0.3, 0.4) is 0 Å². The standard InChI is InChI=1S/C17H34N4O2.HI/c1-6-18-16(19-10-11-20-17(3,4)5)21-12-8-14(9-13-21)15(22)23-7-2;/h14,20H,6-13H2,1-5H3,(H,18,19);1H. The number of piperidine rings is 1. The highest BCUT2D eigenvalue weighted by molar-refractivity contribution is 14.0. The van der Waals surface area contributed by atoms with Crippen LogP contribution in [0.15, 0.2) is 4.99 Å². The molecule has 1 rings (SSSR count). The molecule has 1 heterocycles. The van der Waals surface area contributed by atoms with E-state index in [2.05, 4.69) is 43.2 Å². The van der Waals surface area contributed by atoms with Crippen molar-refractivity contribution in [2.24, 2.45) is 10.9 Å². The van der Waals surface area contributed by atoms with Gasteiger partial charge in [0.25, 0.3) is 0 Å². The quantitative estimate of drug-likeness (QED) is 0.212. The summed E-state index contributed by atoms with van der Waals surface area (Å²) in [5.41, 5.74) is 0.117. The van der Waals surface area contributed by atoms with E-state index in [1.165, 1.54) is 0 Å². The van der Waals surface area contributed by atoms with Crippen LogP contribution in [-0.4, -0.2) is 61.7 Å². The van der Waals surface area contributed by atoms with E-state index in [9.17, 15) is 4.79 Å². The van der Waals surface area contributed by atoms with Crippen LogP contribution in [0.25, 0.3) is 0 Å². The Kier molecular flexibility index (Phi) is 11.6. The number of esters is 1. The lowest BCUT2D eigenvalue weighted by Crippen LogP contribution is -2.47. The summed E-state index contributed by atoms with van der Waals surface area (Å²) < 4.78 is 5.12. The van der Waals surface area contributed by atoms with Crippen LogP contribution in [-0.2, 0) is 9.53 Å². The average molecular weight is 454 g/mol. The Labute approximate surface area is 164 Å². The summed E-state index contributed by atoms with van der Waals surface area (Å²) in [6, 6.07) is 0. The highest BCUT2D eigenvalue weighted by Gasteiger charge is 2.27. The summed E-state index contributed by atoms with van der Waals surface area (Å²) in [6.45, 7) is 15.0. The molecule has 0 saturated carbocycles. The lowest BCUT2D eigenvalue weighted by atomic mass is 9.97. The van der Waals surface area contributed by atoms with Gasteiger partial charge in [0, 0.05) is 31.7 Å². The van der Waals surface area contributed by atoms with Crippen molar-refractivity contribution in [3.8, 4) is 0 Å². The van der Waals surface area contributed by atoms with Crippen LogP contribution in [0.2, 0.25) is 0 Å². The maximum Gasteiger partial charge on any atom is 0.309 e. The Balaban J connectivity index is 0.00000529. The minimum Gasteiger partial charge on any atom is -0.466 e. The van der Waals surface area contributed by atoms with E-state index in [0.717, 1.165) is 51.5 Å². The number of rotatable bonds is 6. The molecule has 0 atom stereocenters. The fourth-order valence-electron chi connectivity index (χ4n) is 2.61. The van der Waals surface area contributed by atoms with Gasteiger partial charge in [-0.25, -0.2) is 0 Å². The summed E-state index contributed by atoms with van der Waals surface area (Å²) in [5, 5.41) is 6.79. The van der Waals surface area contributed by atoms with Gasteiger partial charge in [0.1, 0.15) is 0 Å². The minimum absolute atomic E-state index is 0. The molecule has 1 aliphatic rings. The zero-order valence-electron chi connectivity index (χ0n) is 15.9. The van der Waals surface area contributed by atoms with E-state index < -0.39 is 0 Å². The molecule has 6 nitrogen and oxygen atoms in total. The summed E-state index contributed by atoms with van der Waals surface area (Å²) in [4.78, 5) is 18.8. The van der Waals surface area contributed by atoms with Crippen LogP contribution in [0, 0.1) is 5.92 Å². The largest absolute Gasteiger partial charge is 0.466 e. The van der Waals surface area contributed by atoms with Gasteiger partial charge in [-0.05, 0) is 47.5 Å². The van der Waals surface area contributed by atoms with Gasteiger partial charge in [0.2, 0.25) is 0 Å². The molecule has 0 aromatic rings. The molecule has 0 amide bonds. The van der Waals surface area contributed by atoms with E-state index >= 15 is 0 Å². The fraction of sp³-hybridized carbons (Fsp3) is 0.882. The van der Waals surface area contributed by atoms with Crippen molar-refractivity contribution in [2.45, 2.75) is 53.0 Å². The normalized spacial score (nSPS) is 16.5. The second-order valence-electron chi connectivity index (χ2n) is 6.93. The van der Waals surface area contributed by atoms with Crippen LogP contribution < -0.4 is 10.6 Å². The maximum absolute atomic E-state index is 11.8. The molecule has 1 aliphatic heterocycles. The molecule has 24 heavy (non-hydrogen) atoms. The predicted octanol–water partition coefficient (Wildman–Crippen LogP) is 2.23. The first-order chi connectivity index (χ1) is 10.9. The Morgan fingerprint density at radius 2 is 1.88 bits per heavy atom. The summed E-state index contributed by atoms with van der Waals surface area (Å²) in [5.74, 6) is 0.936. The number of carbonyl (C=O) groups is 1. The number of halogens is 1. The first-order valence-electron chi connectivity index (χ1n) is 8.82. The van der Waals surface area contributed by atoms with Crippen LogP contribution in [0.5, 0.6) is 0 Å². The van der Waals surface area contributed by atoms with E-state index in [-0.39, 0.29) is 41.4 Å². The molecule has 7 heteroatoms. The van der Waals surface area contributed by atoms with Gasteiger partial charge < -0.3 is 20.3 Å². The molecule has 0 unspecified atom stereocenters. The summed E-state index contributed by atoms with van der Waals surface area (Å²) in [7, 11) is 0. The monoisotopic (exact) mass is 454 g/mol. The molecular weight excluding hydrogens is 419 g/mol. The second-order valence-corrected chi connectivity index (χ2v) is 6.93. The van der Waals surface area contributed by atoms with E-state index in [4.69, 9.17) is 9.73 Å². The Bertz CT molecular complexity index is 389. The first-order valence-corrected chi connectivity index (χ1v) is 8.82. The number of nitrogens with one attached hydrogen (secondary N) is 2. The zero-order chi connectivity index (χ0) is 17.3. The molecular formula is C17H35IN4O2. The Hall–Kier alpha value is -0.570. The predicted molar refractivity (Wildman–Crippen MR) is 110 cm³/mol. The van der Waals surface area contributed by atoms with Crippen molar-refractivity contribution in [1.29, 1.82) is 0 Å². The number of likely N-dealkylation sites (tertiary alicyclic amines) is 1. The lowest BCUT2D eigenvalue weighted by Gasteiger charge is -2.33. The van der Waals surface area contributed by atoms with Crippen LogP contribution in [0.1, 0.15) is 47.5 Å². The van der Waals surface area contributed by atoms with Crippen molar-refractivity contribution in [3.63, 3.8) is 0 Å². The molecule has 0 aromatic heterocycles. The van der Waals surface area contributed by atoms with Gasteiger partial charge >= 0.3 is 5.97 Å². The number of hydrogen-bond donors (Lipinski definition) is 2. The molecule has 0 aliphatic carbocycles. The number of guanidine groups is 1. The van der Waals surface area contributed by atoms with Gasteiger partial charge in [0.05, 0.1) is 19.1 Å². The SMILES string of the molecule is CCNC(=NCCNC(C)(C)C)N1CCC(C(=O)OCC)CC1.I. The van der Waals surface area contributed by atoms with Gasteiger partial charge in [-0.2, -0.15) is 0 Å². The second kappa shape index (κ2) is 11.9. The minimum atomic E-state index is -0.0523. The van der Waals surface area contributed by atoms with E-state index in [1.807, 2.05) is 6.92 Å². The average Bonchev–Trinajstić information content (AvgIpc) is 2.50.